The zero-order valence-corrected chi connectivity index (χ0v) is 12.4. The van der Waals surface area contributed by atoms with E-state index in [4.69, 9.17) is 10.5 Å². The van der Waals surface area contributed by atoms with E-state index in [1.165, 1.54) is 24.9 Å². The SMILES string of the molecule is COc1ccccc1NC(=O)Nc1cc(N)nc(SC)n1. The fraction of sp³-hybridized carbons (Fsp3) is 0.154. The number of nitrogen functional groups attached to an aromatic ring is 1. The predicted octanol–water partition coefficient (Wildman–Crippen LogP) is 2.43. The molecular weight excluding hydrogens is 290 g/mol. The number of amides is 2. The summed E-state index contributed by atoms with van der Waals surface area (Å²) in [5.41, 5.74) is 6.21. The second-order valence-electron chi connectivity index (χ2n) is 3.94. The van der Waals surface area contributed by atoms with Gasteiger partial charge in [-0.1, -0.05) is 23.9 Å². The van der Waals surface area contributed by atoms with Crippen LogP contribution >= 0.6 is 11.8 Å². The fourth-order valence-corrected chi connectivity index (χ4v) is 2.00. The molecule has 0 aliphatic heterocycles. The molecule has 0 aliphatic rings. The van der Waals surface area contributed by atoms with Crippen LogP contribution in [0, 0.1) is 0 Å². The third-order valence-corrected chi connectivity index (χ3v) is 3.05. The van der Waals surface area contributed by atoms with E-state index in [2.05, 4.69) is 20.6 Å². The van der Waals surface area contributed by atoms with Gasteiger partial charge in [0.15, 0.2) is 5.16 Å². The smallest absolute Gasteiger partial charge is 0.324 e. The van der Waals surface area contributed by atoms with Gasteiger partial charge < -0.3 is 15.8 Å². The summed E-state index contributed by atoms with van der Waals surface area (Å²) in [5, 5.41) is 5.78. The van der Waals surface area contributed by atoms with E-state index in [0.717, 1.165) is 0 Å². The molecule has 0 atom stereocenters. The maximum Gasteiger partial charge on any atom is 0.324 e. The molecule has 1 aromatic carbocycles. The standard InChI is InChI=1S/C13H15N5O2S/c1-20-9-6-4-3-5-8(9)15-12(19)17-11-7-10(14)16-13(18-11)21-2/h3-7H,1-2H3,(H4,14,15,16,17,18,19). The van der Waals surface area contributed by atoms with Gasteiger partial charge in [-0.15, -0.1) is 0 Å². The number of carbonyl (C=O) groups is 1. The molecule has 1 aromatic heterocycles. The van der Waals surface area contributed by atoms with E-state index >= 15 is 0 Å². The molecule has 7 nitrogen and oxygen atoms in total. The second-order valence-corrected chi connectivity index (χ2v) is 4.72. The third kappa shape index (κ3) is 3.99. The Bertz CT molecular complexity index is 650. The molecule has 0 fully saturated rings. The Hall–Kier alpha value is -2.48. The van der Waals surface area contributed by atoms with Gasteiger partial charge in [0.1, 0.15) is 17.4 Å². The summed E-state index contributed by atoms with van der Waals surface area (Å²) in [6.45, 7) is 0. The predicted molar refractivity (Wildman–Crippen MR) is 83.9 cm³/mol. The van der Waals surface area contributed by atoms with Gasteiger partial charge in [0.2, 0.25) is 0 Å². The van der Waals surface area contributed by atoms with E-state index in [0.29, 0.717) is 28.2 Å². The number of nitrogens with one attached hydrogen (secondary N) is 2. The minimum atomic E-state index is -0.440. The Balaban J connectivity index is 2.10. The second kappa shape index (κ2) is 6.80. The van der Waals surface area contributed by atoms with Crippen LogP contribution in [-0.4, -0.2) is 29.4 Å². The molecule has 2 amide bonds. The maximum absolute atomic E-state index is 12.0. The molecule has 2 aromatic rings. The van der Waals surface area contributed by atoms with Crippen LogP contribution in [0.15, 0.2) is 35.5 Å². The van der Waals surface area contributed by atoms with Gasteiger partial charge >= 0.3 is 6.03 Å². The van der Waals surface area contributed by atoms with Crippen molar-refractivity contribution in [2.45, 2.75) is 5.16 Å². The van der Waals surface area contributed by atoms with Gasteiger partial charge in [-0.2, -0.15) is 0 Å². The molecule has 0 aliphatic carbocycles. The molecule has 2 rings (SSSR count). The van der Waals surface area contributed by atoms with Crippen LogP contribution in [0.5, 0.6) is 5.75 Å². The number of rotatable bonds is 4. The summed E-state index contributed by atoms with van der Waals surface area (Å²) in [6.07, 6.45) is 1.83. The first-order chi connectivity index (χ1) is 10.1. The Morgan fingerprint density at radius 3 is 2.76 bits per heavy atom. The molecular formula is C13H15N5O2S. The van der Waals surface area contributed by atoms with Crippen molar-refractivity contribution >= 4 is 35.1 Å². The number of benzene rings is 1. The van der Waals surface area contributed by atoms with E-state index in [1.54, 1.807) is 18.2 Å². The lowest BCUT2D eigenvalue weighted by Crippen LogP contribution is -2.20. The van der Waals surface area contributed by atoms with E-state index in [1.807, 2.05) is 12.3 Å². The maximum atomic E-state index is 12.0. The number of nitrogens with two attached hydrogens (primary N) is 1. The Labute approximate surface area is 126 Å². The zero-order chi connectivity index (χ0) is 15.2. The van der Waals surface area contributed by atoms with Crippen molar-refractivity contribution in [3.8, 4) is 5.75 Å². The van der Waals surface area contributed by atoms with Gasteiger partial charge in [-0.05, 0) is 18.4 Å². The van der Waals surface area contributed by atoms with Crippen molar-refractivity contribution in [3.63, 3.8) is 0 Å². The summed E-state index contributed by atoms with van der Waals surface area (Å²) in [5.74, 6) is 1.20. The molecule has 21 heavy (non-hydrogen) atoms. The van der Waals surface area contributed by atoms with Crippen molar-refractivity contribution in [2.75, 3.05) is 29.7 Å². The molecule has 110 valence electrons. The van der Waals surface area contributed by atoms with Crippen LogP contribution in [0.1, 0.15) is 0 Å². The van der Waals surface area contributed by atoms with E-state index < -0.39 is 6.03 Å². The largest absolute Gasteiger partial charge is 0.495 e. The fourth-order valence-electron chi connectivity index (χ4n) is 1.62. The number of carbonyl (C=O) groups excluding carboxylic acids is 1. The van der Waals surface area contributed by atoms with Crippen molar-refractivity contribution in [3.05, 3.63) is 30.3 Å². The molecule has 0 bridgehead atoms. The normalized spacial score (nSPS) is 10.0. The number of ether oxygens (including phenoxy) is 1. The van der Waals surface area contributed by atoms with E-state index in [-0.39, 0.29) is 0 Å². The Kier molecular flexibility index (Phi) is 4.83. The molecule has 0 spiro atoms. The average Bonchev–Trinajstić information content (AvgIpc) is 2.47. The minimum absolute atomic E-state index is 0.293. The highest BCUT2D eigenvalue weighted by atomic mass is 32.2. The molecule has 0 radical (unpaired) electrons. The highest BCUT2D eigenvalue weighted by molar-refractivity contribution is 7.98. The molecule has 4 N–H and O–H groups in total. The van der Waals surface area contributed by atoms with Gasteiger partial charge in [0, 0.05) is 6.07 Å². The van der Waals surface area contributed by atoms with Gasteiger partial charge in [-0.25, -0.2) is 14.8 Å². The molecule has 0 unspecified atom stereocenters. The average molecular weight is 305 g/mol. The van der Waals surface area contributed by atoms with Crippen LogP contribution < -0.4 is 21.1 Å². The number of methoxy groups -OCH3 is 1. The van der Waals surface area contributed by atoms with Crippen molar-refractivity contribution in [2.24, 2.45) is 0 Å². The third-order valence-electron chi connectivity index (χ3n) is 2.50. The zero-order valence-electron chi connectivity index (χ0n) is 11.6. The summed E-state index contributed by atoms with van der Waals surface area (Å²) < 4.78 is 5.16. The highest BCUT2D eigenvalue weighted by Gasteiger charge is 2.09. The van der Waals surface area contributed by atoms with Gasteiger partial charge in [0.05, 0.1) is 12.8 Å². The number of thioether (sulfide) groups is 1. The first kappa shape index (κ1) is 14.9. The number of aromatic nitrogens is 2. The van der Waals surface area contributed by atoms with Crippen LogP contribution in [-0.2, 0) is 0 Å². The molecule has 8 heteroatoms. The van der Waals surface area contributed by atoms with Gasteiger partial charge in [0.25, 0.3) is 0 Å². The number of anilines is 3. The number of para-hydroxylation sites is 2. The number of hydrogen-bond donors (Lipinski definition) is 3. The quantitative estimate of drug-likeness (QED) is 0.592. The lowest BCUT2D eigenvalue weighted by Gasteiger charge is -2.11. The number of urea groups is 1. The molecule has 1 heterocycles. The first-order valence-corrected chi connectivity index (χ1v) is 7.24. The summed E-state index contributed by atoms with van der Waals surface area (Å²) in [4.78, 5) is 20.1. The highest BCUT2D eigenvalue weighted by Crippen LogP contribution is 2.23. The minimum Gasteiger partial charge on any atom is -0.495 e. The lowest BCUT2D eigenvalue weighted by atomic mass is 10.3. The van der Waals surface area contributed by atoms with Crippen LogP contribution in [0.2, 0.25) is 0 Å². The lowest BCUT2D eigenvalue weighted by molar-refractivity contribution is 0.262. The summed E-state index contributed by atoms with van der Waals surface area (Å²) in [6, 6.07) is 8.15. The van der Waals surface area contributed by atoms with Crippen LogP contribution in [0.3, 0.4) is 0 Å². The van der Waals surface area contributed by atoms with Crippen LogP contribution in [0.4, 0.5) is 22.1 Å². The molecule has 0 saturated carbocycles. The van der Waals surface area contributed by atoms with Crippen molar-refractivity contribution < 1.29 is 9.53 Å². The molecule has 0 saturated heterocycles. The number of nitrogens with zero attached hydrogens (tertiary/aromatic N) is 2. The monoisotopic (exact) mass is 305 g/mol. The Morgan fingerprint density at radius 1 is 1.29 bits per heavy atom. The Morgan fingerprint density at radius 2 is 2.05 bits per heavy atom. The first-order valence-electron chi connectivity index (χ1n) is 6.02. The summed E-state index contributed by atoms with van der Waals surface area (Å²) in [7, 11) is 1.54. The van der Waals surface area contributed by atoms with Crippen molar-refractivity contribution in [1.82, 2.24) is 9.97 Å². The topological polar surface area (TPSA) is 102 Å². The van der Waals surface area contributed by atoms with Crippen molar-refractivity contribution in [1.29, 1.82) is 0 Å². The summed E-state index contributed by atoms with van der Waals surface area (Å²) >= 11 is 1.34. The van der Waals surface area contributed by atoms with Crippen LogP contribution in [0.25, 0.3) is 0 Å². The van der Waals surface area contributed by atoms with E-state index in [9.17, 15) is 4.79 Å². The number of hydrogen-bond acceptors (Lipinski definition) is 6. The van der Waals surface area contributed by atoms with Gasteiger partial charge in [-0.3, -0.25) is 5.32 Å².